The fourth-order valence-corrected chi connectivity index (χ4v) is 1.09. The van der Waals surface area contributed by atoms with Gasteiger partial charge < -0.3 is 0 Å². The predicted molar refractivity (Wildman–Crippen MR) is 45.7 cm³/mol. The molecule has 0 saturated carbocycles. The van der Waals surface area contributed by atoms with Gasteiger partial charge in [-0.05, 0) is 24.6 Å². The van der Waals surface area contributed by atoms with Crippen LogP contribution in [0.2, 0.25) is 5.02 Å². The summed E-state index contributed by atoms with van der Waals surface area (Å²) in [5.41, 5.74) is 1.06. The molecule has 0 aliphatic heterocycles. The molecule has 0 bridgehead atoms. The molecule has 0 heterocycles. The van der Waals surface area contributed by atoms with Gasteiger partial charge >= 0.3 is 0 Å². The van der Waals surface area contributed by atoms with E-state index in [0.717, 1.165) is 10.6 Å². The molecule has 2 heteroatoms. The van der Waals surface area contributed by atoms with Gasteiger partial charge in [-0.3, -0.25) is 0 Å². The molecule has 0 N–H and O–H groups in total. The van der Waals surface area contributed by atoms with Gasteiger partial charge in [0.2, 0.25) is 0 Å². The molecule has 54 valence electrons. The summed E-state index contributed by atoms with van der Waals surface area (Å²) in [7, 11) is 0. The first-order valence-electron chi connectivity index (χ1n) is 3.09. The topological polar surface area (TPSA) is 0 Å². The van der Waals surface area contributed by atoms with E-state index in [-0.39, 0.29) is 5.38 Å². The highest BCUT2D eigenvalue weighted by atomic mass is 35.5. The van der Waals surface area contributed by atoms with Crippen molar-refractivity contribution >= 4 is 23.2 Å². The second kappa shape index (κ2) is 3.27. The SMILES string of the molecule is C[C@H](Cl)c1cccc(Cl)c1. The molecule has 0 aliphatic carbocycles. The van der Waals surface area contributed by atoms with Crippen molar-refractivity contribution in [2.75, 3.05) is 0 Å². The summed E-state index contributed by atoms with van der Waals surface area (Å²) in [6.45, 7) is 1.92. The van der Waals surface area contributed by atoms with Crippen molar-refractivity contribution in [1.82, 2.24) is 0 Å². The van der Waals surface area contributed by atoms with Crippen LogP contribution in [0.5, 0.6) is 0 Å². The average Bonchev–Trinajstić information content (AvgIpc) is 1.88. The minimum Gasteiger partial charge on any atom is -0.118 e. The molecule has 1 aromatic rings. The van der Waals surface area contributed by atoms with Crippen molar-refractivity contribution in [2.24, 2.45) is 0 Å². The monoisotopic (exact) mass is 174 g/mol. The molecular weight excluding hydrogens is 167 g/mol. The first-order valence-corrected chi connectivity index (χ1v) is 3.91. The maximum Gasteiger partial charge on any atom is 0.0557 e. The zero-order chi connectivity index (χ0) is 7.56. The van der Waals surface area contributed by atoms with Crippen molar-refractivity contribution in [3.8, 4) is 0 Å². The minimum atomic E-state index is 0.0405. The van der Waals surface area contributed by atoms with E-state index in [4.69, 9.17) is 23.2 Å². The highest BCUT2D eigenvalue weighted by Crippen LogP contribution is 2.21. The lowest BCUT2D eigenvalue weighted by Crippen LogP contribution is -1.81. The molecular formula is C8H8Cl2. The second-order valence-corrected chi connectivity index (χ2v) is 3.26. The third kappa shape index (κ3) is 1.89. The van der Waals surface area contributed by atoms with Gasteiger partial charge in [0.25, 0.3) is 0 Å². The summed E-state index contributed by atoms with van der Waals surface area (Å²) >= 11 is 11.5. The van der Waals surface area contributed by atoms with Crippen molar-refractivity contribution in [3.63, 3.8) is 0 Å². The molecule has 1 aromatic carbocycles. The first-order chi connectivity index (χ1) is 4.70. The van der Waals surface area contributed by atoms with Gasteiger partial charge in [-0.15, -0.1) is 11.6 Å². The summed E-state index contributed by atoms with van der Waals surface area (Å²) in [6, 6.07) is 7.57. The average molecular weight is 175 g/mol. The Morgan fingerprint density at radius 2 is 2.10 bits per heavy atom. The smallest absolute Gasteiger partial charge is 0.0557 e. The zero-order valence-corrected chi connectivity index (χ0v) is 7.15. The molecule has 0 radical (unpaired) electrons. The molecule has 10 heavy (non-hydrogen) atoms. The van der Waals surface area contributed by atoms with Gasteiger partial charge in [-0.25, -0.2) is 0 Å². The number of hydrogen-bond acceptors (Lipinski definition) is 0. The van der Waals surface area contributed by atoms with Gasteiger partial charge in [0.1, 0.15) is 0 Å². The number of benzene rings is 1. The highest BCUT2D eigenvalue weighted by molar-refractivity contribution is 6.30. The van der Waals surface area contributed by atoms with Gasteiger partial charge in [0.15, 0.2) is 0 Å². The van der Waals surface area contributed by atoms with Gasteiger partial charge in [-0.2, -0.15) is 0 Å². The Hall–Kier alpha value is -0.200. The van der Waals surface area contributed by atoms with E-state index in [0.29, 0.717) is 0 Å². The van der Waals surface area contributed by atoms with Crippen LogP contribution in [0, 0.1) is 0 Å². The normalized spacial score (nSPS) is 13.1. The van der Waals surface area contributed by atoms with Crippen molar-refractivity contribution < 1.29 is 0 Å². The lowest BCUT2D eigenvalue weighted by Gasteiger charge is -2.01. The third-order valence-electron chi connectivity index (χ3n) is 1.31. The second-order valence-electron chi connectivity index (χ2n) is 2.17. The fraction of sp³-hybridized carbons (Fsp3) is 0.250. The molecule has 0 fully saturated rings. The molecule has 0 saturated heterocycles. The van der Waals surface area contributed by atoms with Crippen molar-refractivity contribution in [1.29, 1.82) is 0 Å². The Kier molecular flexibility index (Phi) is 2.58. The Morgan fingerprint density at radius 1 is 1.40 bits per heavy atom. The molecule has 0 spiro atoms. The maximum absolute atomic E-state index is 5.82. The third-order valence-corrected chi connectivity index (χ3v) is 1.80. The van der Waals surface area contributed by atoms with E-state index in [9.17, 15) is 0 Å². The Morgan fingerprint density at radius 3 is 2.50 bits per heavy atom. The van der Waals surface area contributed by atoms with E-state index in [2.05, 4.69) is 0 Å². The summed E-state index contributed by atoms with van der Waals surface area (Å²) in [5, 5.41) is 0.781. The van der Waals surface area contributed by atoms with Crippen LogP contribution in [-0.4, -0.2) is 0 Å². The molecule has 0 amide bonds. The lowest BCUT2D eigenvalue weighted by atomic mass is 10.2. The van der Waals surface area contributed by atoms with Gasteiger partial charge in [-0.1, -0.05) is 23.7 Å². The summed E-state index contributed by atoms with van der Waals surface area (Å²) in [5.74, 6) is 0. The summed E-state index contributed by atoms with van der Waals surface area (Å²) < 4.78 is 0. The largest absolute Gasteiger partial charge is 0.118 e. The molecule has 1 rings (SSSR count). The molecule has 1 atom stereocenters. The minimum absolute atomic E-state index is 0.0405. The van der Waals surface area contributed by atoms with Crippen molar-refractivity contribution in [3.05, 3.63) is 34.9 Å². The van der Waals surface area contributed by atoms with Crippen LogP contribution in [0.25, 0.3) is 0 Å². The maximum atomic E-state index is 5.82. The van der Waals surface area contributed by atoms with Gasteiger partial charge in [0, 0.05) is 5.02 Å². The van der Waals surface area contributed by atoms with E-state index >= 15 is 0 Å². The summed E-state index contributed by atoms with van der Waals surface area (Å²) in [4.78, 5) is 0. The van der Waals surface area contributed by atoms with Crippen LogP contribution < -0.4 is 0 Å². The standard InChI is InChI=1S/C8H8Cl2/c1-6(9)7-3-2-4-8(10)5-7/h2-6H,1H3/t6-/m0/s1. The Balaban J connectivity index is 2.96. The van der Waals surface area contributed by atoms with Crippen molar-refractivity contribution in [2.45, 2.75) is 12.3 Å². The molecule has 0 aliphatic rings. The highest BCUT2D eigenvalue weighted by Gasteiger charge is 1.99. The number of alkyl halides is 1. The van der Waals surface area contributed by atoms with Crippen LogP contribution >= 0.6 is 23.2 Å². The van der Waals surface area contributed by atoms with E-state index < -0.39 is 0 Å². The zero-order valence-electron chi connectivity index (χ0n) is 5.64. The Bertz CT molecular complexity index is 218. The molecule has 0 aromatic heterocycles. The quantitative estimate of drug-likeness (QED) is 0.571. The van der Waals surface area contributed by atoms with Crippen LogP contribution in [0.1, 0.15) is 17.9 Å². The fourth-order valence-electron chi connectivity index (χ4n) is 0.754. The molecule has 0 nitrogen and oxygen atoms in total. The van der Waals surface area contributed by atoms with Crippen LogP contribution in [0.15, 0.2) is 24.3 Å². The summed E-state index contributed by atoms with van der Waals surface area (Å²) in [6.07, 6.45) is 0. The number of hydrogen-bond donors (Lipinski definition) is 0. The Labute approximate surface area is 70.8 Å². The van der Waals surface area contributed by atoms with E-state index in [1.807, 2.05) is 31.2 Å². The lowest BCUT2D eigenvalue weighted by molar-refractivity contribution is 1.08. The number of halogens is 2. The predicted octanol–water partition coefficient (Wildman–Crippen LogP) is 3.64. The van der Waals surface area contributed by atoms with Crippen LogP contribution in [0.3, 0.4) is 0 Å². The number of rotatable bonds is 1. The first kappa shape index (κ1) is 7.90. The van der Waals surface area contributed by atoms with Crippen LogP contribution in [0.4, 0.5) is 0 Å². The van der Waals surface area contributed by atoms with E-state index in [1.54, 1.807) is 0 Å². The van der Waals surface area contributed by atoms with E-state index in [1.165, 1.54) is 0 Å². The van der Waals surface area contributed by atoms with Crippen LogP contribution in [-0.2, 0) is 0 Å². The van der Waals surface area contributed by atoms with Gasteiger partial charge in [0.05, 0.1) is 5.38 Å². The molecule has 0 unspecified atom stereocenters.